The second-order valence-corrected chi connectivity index (χ2v) is 5.02. The molecule has 0 unspecified atom stereocenters. The summed E-state index contributed by atoms with van der Waals surface area (Å²) in [7, 11) is 0. The second kappa shape index (κ2) is 11.2. The van der Waals surface area contributed by atoms with Gasteiger partial charge in [0.2, 0.25) is 6.08 Å². The highest BCUT2D eigenvalue weighted by molar-refractivity contribution is 5.49. The van der Waals surface area contributed by atoms with Crippen LogP contribution in [-0.2, 0) is 4.79 Å². The van der Waals surface area contributed by atoms with Crippen molar-refractivity contribution in [3.05, 3.63) is 24.3 Å². The van der Waals surface area contributed by atoms with Gasteiger partial charge in [0.1, 0.15) is 5.75 Å². The Hall–Kier alpha value is -1.60. The molecule has 0 aromatic heterocycles. The molecule has 1 aromatic rings. The third-order valence-corrected chi connectivity index (χ3v) is 3.28. The van der Waals surface area contributed by atoms with Gasteiger partial charge in [0.15, 0.2) is 0 Å². The molecule has 3 nitrogen and oxygen atoms in total. The standard InChI is InChI=1S/C17H25NO2/c1-2-3-4-5-6-7-8-9-14-20-17-12-10-16(11-13-17)18-15-19/h10-13H,2-9,14H2,1H3. The number of unbranched alkanes of at least 4 members (excludes halogenated alkanes) is 7. The number of rotatable bonds is 11. The smallest absolute Gasteiger partial charge is 0.240 e. The van der Waals surface area contributed by atoms with Crippen LogP contribution in [0, 0.1) is 0 Å². The van der Waals surface area contributed by atoms with Crippen molar-refractivity contribution in [3.63, 3.8) is 0 Å². The first kappa shape index (κ1) is 16.5. The maximum absolute atomic E-state index is 10.1. The van der Waals surface area contributed by atoms with E-state index in [-0.39, 0.29) is 0 Å². The maximum Gasteiger partial charge on any atom is 0.240 e. The van der Waals surface area contributed by atoms with Crippen molar-refractivity contribution in [2.24, 2.45) is 4.99 Å². The summed E-state index contributed by atoms with van der Waals surface area (Å²) in [6, 6.07) is 7.18. The van der Waals surface area contributed by atoms with Gasteiger partial charge >= 0.3 is 0 Å². The summed E-state index contributed by atoms with van der Waals surface area (Å²) in [5.41, 5.74) is 0.611. The van der Waals surface area contributed by atoms with Crippen LogP contribution < -0.4 is 4.74 Å². The van der Waals surface area contributed by atoms with E-state index in [0.29, 0.717) is 5.69 Å². The molecule has 0 saturated heterocycles. The number of nitrogens with zero attached hydrogens (tertiary/aromatic N) is 1. The molecule has 110 valence electrons. The van der Waals surface area contributed by atoms with E-state index < -0.39 is 0 Å². The van der Waals surface area contributed by atoms with Crippen molar-refractivity contribution in [2.45, 2.75) is 58.3 Å². The van der Waals surface area contributed by atoms with Gasteiger partial charge in [-0.25, -0.2) is 4.79 Å². The number of benzene rings is 1. The van der Waals surface area contributed by atoms with E-state index in [9.17, 15) is 4.79 Å². The lowest BCUT2D eigenvalue weighted by Gasteiger charge is -2.06. The number of ether oxygens (including phenoxy) is 1. The predicted octanol–water partition coefficient (Wildman–Crippen LogP) is 5.17. The van der Waals surface area contributed by atoms with Crippen LogP contribution in [0.25, 0.3) is 0 Å². The van der Waals surface area contributed by atoms with Gasteiger partial charge in [0.25, 0.3) is 0 Å². The van der Waals surface area contributed by atoms with Crippen LogP contribution >= 0.6 is 0 Å². The zero-order chi connectivity index (χ0) is 14.5. The molecule has 0 radical (unpaired) electrons. The van der Waals surface area contributed by atoms with E-state index >= 15 is 0 Å². The quantitative estimate of drug-likeness (QED) is 0.317. The SMILES string of the molecule is CCCCCCCCCCOc1ccc(N=C=O)cc1. The fraction of sp³-hybridized carbons (Fsp3) is 0.588. The minimum Gasteiger partial charge on any atom is -0.494 e. The summed E-state index contributed by atoms with van der Waals surface area (Å²) >= 11 is 0. The molecular formula is C17H25NO2. The van der Waals surface area contributed by atoms with Crippen molar-refractivity contribution in [2.75, 3.05) is 6.61 Å². The Kier molecular flexibility index (Phi) is 9.25. The first-order chi connectivity index (χ1) is 9.86. The average Bonchev–Trinajstić information content (AvgIpc) is 2.47. The molecule has 0 atom stereocenters. The van der Waals surface area contributed by atoms with Crippen molar-refractivity contribution in [3.8, 4) is 5.75 Å². The molecule has 0 amide bonds. The van der Waals surface area contributed by atoms with E-state index in [1.54, 1.807) is 12.1 Å². The second-order valence-electron chi connectivity index (χ2n) is 5.02. The topological polar surface area (TPSA) is 38.7 Å². The molecule has 0 aliphatic rings. The molecule has 0 fully saturated rings. The Bertz CT molecular complexity index is 394. The number of carbonyl (C=O) groups excluding carboxylic acids is 1. The van der Waals surface area contributed by atoms with Crippen molar-refractivity contribution < 1.29 is 9.53 Å². The number of aliphatic imine (C=N–C) groups is 1. The minimum absolute atomic E-state index is 0.611. The normalized spacial score (nSPS) is 10.1. The third kappa shape index (κ3) is 7.75. The number of hydrogen-bond donors (Lipinski definition) is 0. The van der Waals surface area contributed by atoms with Gasteiger partial charge in [-0.2, -0.15) is 4.99 Å². The fourth-order valence-electron chi connectivity index (χ4n) is 2.10. The highest BCUT2D eigenvalue weighted by Gasteiger charge is 1.95. The van der Waals surface area contributed by atoms with Crippen LogP contribution in [0.3, 0.4) is 0 Å². The summed E-state index contributed by atoms with van der Waals surface area (Å²) in [6.07, 6.45) is 11.9. The summed E-state index contributed by atoms with van der Waals surface area (Å²) < 4.78 is 5.64. The van der Waals surface area contributed by atoms with Crippen LogP contribution in [0.4, 0.5) is 5.69 Å². The first-order valence-electron chi connectivity index (χ1n) is 7.67. The molecule has 1 aromatic carbocycles. The molecule has 1 rings (SSSR count). The summed E-state index contributed by atoms with van der Waals surface area (Å²) in [5, 5.41) is 0. The zero-order valence-corrected chi connectivity index (χ0v) is 12.4. The van der Waals surface area contributed by atoms with Gasteiger partial charge in [-0.1, -0.05) is 51.9 Å². The van der Waals surface area contributed by atoms with E-state index in [1.165, 1.54) is 51.0 Å². The average molecular weight is 275 g/mol. The van der Waals surface area contributed by atoms with E-state index in [1.807, 2.05) is 12.1 Å². The molecule has 0 saturated carbocycles. The van der Waals surface area contributed by atoms with Crippen molar-refractivity contribution in [1.82, 2.24) is 0 Å². The molecule has 0 heterocycles. The van der Waals surface area contributed by atoms with Gasteiger partial charge in [-0.15, -0.1) is 0 Å². The van der Waals surface area contributed by atoms with Crippen LogP contribution in [-0.4, -0.2) is 12.7 Å². The third-order valence-electron chi connectivity index (χ3n) is 3.28. The Morgan fingerprint density at radius 2 is 1.55 bits per heavy atom. The molecule has 0 N–H and O–H groups in total. The first-order valence-corrected chi connectivity index (χ1v) is 7.67. The summed E-state index contributed by atoms with van der Waals surface area (Å²) in [5.74, 6) is 0.831. The lowest BCUT2D eigenvalue weighted by molar-refractivity contribution is 0.304. The molecule has 20 heavy (non-hydrogen) atoms. The van der Waals surface area contributed by atoms with Crippen LogP contribution in [0.2, 0.25) is 0 Å². The zero-order valence-electron chi connectivity index (χ0n) is 12.4. The Labute approximate surface area is 122 Å². The van der Waals surface area contributed by atoms with Gasteiger partial charge in [-0.05, 0) is 30.7 Å². The molecule has 0 aliphatic carbocycles. The Balaban J connectivity index is 2.02. The lowest BCUT2D eigenvalue weighted by Crippen LogP contribution is -1.96. The van der Waals surface area contributed by atoms with E-state index in [2.05, 4.69) is 11.9 Å². The summed E-state index contributed by atoms with van der Waals surface area (Å²) in [4.78, 5) is 13.6. The molecule has 0 spiro atoms. The minimum atomic E-state index is 0.611. The number of isocyanates is 1. The molecule has 3 heteroatoms. The van der Waals surface area contributed by atoms with Crippen LogP contribution in [0.1, 0.15) is 58.3 Å². The molecule has 0 bridgehead atoms. The van der Waals surface area contributed by atoms with E-state index in [4.69, 9.17) is 4.74 Å². The Morgan fingerprint density at radius 3 is 2.15 bits per heavy atom. The van der Waals surface area contributed by atoms with Gasteiger partial charge < -0.3 is 4.74 Å². The van der Waals surface area contributed by atoms with Gasteiger partial charge in [0.05, 0.1) is 12.3 Å². The van der Waals surface area contributed by atoms with Crippen molar-refractivity contribution in [1.29, 1.82) is 0 Å². The predicted molar refractivity (Wildman–Crippen MR) is 82.3 cm³/mol. The maximum atomic E-state index is 10.1. The number of hydrogen-bond acceptors (Lipinski definition) is 3. The van der Waals surface area contributed by atoms with Crippen molar-refractivity contribution >= 4 is 11.8 Å². The van der Waals surface area contributed by atoms with Gasteiger partial charge in [0, 0.05) is 0 Å². The van der Waals surface area contributed by atoms with Crippen LogP contribution in [0.5, 0.6) is 5.75 Å². The van der Waals surface area contributed by atoms with Crippen LogP contribution in [0.15, 0.2) is 29.3 Å². The highest BCUT2D eigenvalue weighted by Crippen LogP contribution is 2.18. The highest BCUT2D eigenvalue weighted by atomic mass is 16.5. The lowest BCUT2D eigenvalue weighted by atomic mass is 10.1. The molecule has 0 aliphatic heterocycles. The Morgan fingerprint density at radius 1 is 0.950 bits per heavy atom. The largest absolute Gasteiger partial charge is 0.494 e. The fourth-order valence-corrected chi connectivity index (χ4v) is 2.10. The molecular weight excluding hydrogens is 250 g/mol. The monoisotopic (exact) mass is 275 g/mol. The summed E-state index contributed by atoms with van der Waals surface area (Å²) in [6.45, 7) is 3.00. The van der Waals surface area contributed by atoms with Gasteiger partial charge in [-0.3, -0.25) is 0 Å². The van der Waals surface area contributed by atoms with E-state index in [0.717, 1.165) is 18.8 Å².